The molecule has 23 heavy (non-hydrogen) atoms. The number of halogens is 2. The minimum Gasteiger partial charge on any atom is -0.264 e. The molecular formula is C19H22Cl2N2+2. The maximum Gasteiger partial charge on any atom is 0.208 e. The molecule has 4 heteroatoms. The summed E-state index contributed by atoms with van der Waals surface area (Å²) in [5.41, 5.74) is 2.73. The molecular weight excluding hydrogens is 327 g/mol. The maximum atomic E-state index is 6.16. The Morgan fingerprint density at radius 1 is 0.696 bits per heavy atom. The number of nitrogens with zero attached hydrogens (tertiary/aromatic N) is 2. The van der Waals surface area contributed by atoms with Crippen LogP contribution in [0.4, 0.5) is 0 Å². The Hall–Kier alpha value is -1.06. The maximum absolute atomic E-state index is 6.16. The Morgan fingerprint density at radius 2 is 1.13 bits per heavy atom. The number of hydrogen-bond donors (Lipinski definition) is 0. The summed E-state index contributed by atoms with van der Waals surface area (Å²) in [5.74, 6) is 0. The summed E-state index contributed by atoms with van der Waals surface area (Å²) in [6.07, 6.45) is 0. The van der Waals surface area contributed by atoms with Crippen LogP contribution in [0.25, 0.3) is 0 Å². The summed E-state index contributed by atoms with van der Waals surface area (Å²) in [6, 6.07) is 16.7. The molecule has 0 saturated carbocycles. The van der Waals surface area contributed by atoms with Crippen molar-refractivity contribution in [1.82, 2.24) is 0 Å². The van der Waals surface area contributed by atoms with E-state index in [0.29, 0.717) is 0 Å². The Morgan fingerprint density at radius 3 is 1.52 bits per heavy atom. The van der Waals surface area contributed by atoms with Gasteiger partial charge in [-0.2, -0.15) is 0 Å². The summed E-state index contributed by atoms with van der Waals surface area (Å²) in [6.45, 7) is 8.53. The zero-order valence-corrected chi connectivity index (χ0v) is 14.7. The van der Waals surface area contributed by atoms with Gasteiger partial charge in [0.1, 0.15) is 39.3 Å². The van der Waals surface area contributed by atoms with Gasteiger partial charge < -0.3 is 0 Å². The van der Waals surface area contributed by atoms with Crippen LogP contribution in [0.3, 0.4) is 0 Å². The Labute approximate surface area is 148 Å². The summed E-state index contributed by atoms with van der Waals surface area (Å²) in [5, 5.41) is 1.69. The van der Waals surface area contributed by atoms with Crippen LogP contribution in [0.1, 0.15) is 11.1 Å². The van der Waals surface area contributed by atoms with Gasteiger partial charge in [-0.15, -0.1) is 0 Å². The van der Waals surface area contributed by atoms with Gasteiger partial charge in [0, 0.05) is 21.2 Å². The summed E-state index contributed by atoms with van der Waals surface area (Å²) >= 11 is 12.3. The first-order chi connectivity index (χ1) is 11.1. The highest BCUT2D eigenvalue weighted by Gasteiger charge is 2.55. The molecule has 0 unspecified atom stereocenters. The minimum atomic E-state index is 0.846. The fourth-order valence-electron chi connectivity index (χ4n) is 4.45. The van der Waals surface area contributed by atoms with E-state index >= 15 is 0 Å². The second kappa shape index (κ2) is 5.78. The molecule has 0 amide bonds. The Bertz CT molecular complexity index is 659. The van der Waals surface area contributed by atoms with Gasteiger partial charge in [-0.05, 0) is 24.3 Å². The standard InChI is InChI=1S/C19H22Cl2N2/c20-18-5-1-3-16(11-18)13-22-7-9-23(15-22,10-8-22)14-17-4-2-6-19(21)12-17/h1-6,11-12H,7-10,13-15H2/q+2. The van der Waals surface area contributed by atoms with E-state index in [-0.39, 0.29) is 0 Å². The van der Waals surface area contributed by atoms with E-state index in [2.05, 4.69) is 36.4 Å². The van der Waals surface area contributed by atoms with Gasteiger partial charge in [0.25, 0.3) is 0 Å². The molecule has 2 nitrogen and oxygen atoms in total. The van der Waals surface area contributed by atoms with Gasteiger partial charge in [-0.1, -0.05) is 47.5 Å². The normalized spacial score (nSPS) is 29.1. The van der Waals surface area contributed by atoms with Crippen LogP contribution in [0, 0.1) is 0 Å². The van der Waals surface area contributed by atoms with E-state index < -0.39 is 0 Å². The third kappa shape index (κ3) is 3.14. The lowest BCUT2D eigenvalue weighted by Gasteiger charge is -2.27. The van der Waals surface area contributed by atoms with E-state index in [0.717, 1.165) is 23.1 Å². The Balaban J connectivity index is 1.50. The molecule has 0 spiro atoms. The van der Waals surface area contributed by atoms with Crippen molar-refractivity contribution < 1.29 is 8.97 Å². The van der Waals surface area contributed by atoms with E-state index in [1.165, 1.54) is 52.9 Å². The van der Waals surface area contributed by atoms with Crippen LogP contribution in [-0.2, 0) is 13.1 Å². The number of hydrogen-bond acceptors (Lipinski definition) is 0. The van der Waals surface area contributed by atoms with Crippen LogP contribution < -0.4 is 0 Å². The molecule has 2 aromatic rings. The van der Waals surface area contributed by atoms with Crippen LogP contribution in [-0.4, -0.2) is 41.8 Å². The zero-order chi connectivity index (χ0) is 15.9. The first kappa shape index (κ1) is 15.5. The summed E-state index contributed by atoms with van der Waals surface area (Å²) < 4.78 is 2.42. The van der Waals surface area contributed by atoms with Gasteiger partial charge in [0.15, 0.2) is 0 Å². The van der Waals surface area contributed by atoms with Gasteiger partial charge in [0.05, 0.1) is 0 Å². The van der Waals surface area contributed by atoms with Gasteiger partial charge >= 0.3 is 0 Å². The van der Waals surface area contributed by atoms with Crippen molar-refractivity contribution in [2.45, 2.75) is 13.1 Å². The SMILES string of the molecule is Clc1cccc(C[N+]23CC[N+](Cc4cccc(Cl)c4)(CC2)C3)c1. The number of benzene rings is 2. The lowest BCUT2D eigenvalue weighted by Crippen LogP contribution is -2.46. The molecule has 2 aromatic carbocycles. The largest absolute Gasteiger partial charge is 0.264 e. The van der Waals surface area contributed by atoms with E-state index in [1.54, 1.807) is 0 Å². The van der Waals surface area contributed by atoms with Crippen molar-refractivity contribution in [3.8, 4) is 0 Å². The van der Waals surface area contributed by atoms with Gasteiger partial charge in [-0.3, -0.25) is 8.97 Å². The molecule has 120 valence electrons. The smallest absolute Gasteiger partial charge is 0.208 e. The van der Waals surface area contributed by atoms with Gasteiger partial charge in [-0.25, -0.2) is 0 Å². The van der Waals surface area contributed by atoms with Crippen LogP contribution >= 0.6 is 23.2 Å². The molecule has 2 aliphatic rings. The van der Waals surface area contributed by atoms with E-state index in [9.17, 15) is 0 Å². The molecule has 4 rings (SSSR count). The lowest BCUT2D eigenvalue weighted by atomic mass is 10.1. The lowest BCUT2D eigenvalue weighted by molar-refractivity contribution is -1.000. The van der Waals surface area contributed by atoms with Crippen molar-refractivity contribution >= 4 is 23.2 Å². The number of rotatable bonds is 4. The predicted octanol–water partition coefficient (Wildman–Crippen LogP) is 4.31. The van der Waals surface area contributed by atoms with E-state index in [4.69, 9.17) is 23.2 Å². The second-order valence-corrected chi connectivity index (χ2v) is 8.17. The first-order valence-corrected chi connectivity index (χ1v) is 9.01. The van der Waals surface area contributed by atoms with Crippen molar-refractivity contribution in [2.75, 3.05) is 32.8 Å². The molecule has 0 atom stereocenters. The summed E-state index contributed by atoms with van der Waals surface area (Å²) in [4.78, 5) is 0. The average Bonchev–Trinajstić information content (AvgIpc) is 3.02. The highest BCUT2D eigenvalue weighted by molar-refractivity contribution is 6.30. The van der Waals surface area contributed by atoms with E-state index in [1.807, 2.05) is 12.1 Å². The average molecular weight is 349 g/mol. The van der Waals surface area contributed by atoms with Gasteiger partial charge in [0.2, 0.25) is 6.67 Å². The number of fused-ring (bicyclic) bond motifs is 2. The zero-order valence-electron chi connectivity index (χ0n) is 13.2. The fourth-order valence-corrected chi connectivity index (χ4v) is 4.88. The van der Waals surface area contributed by atoms with Crippen LogP contribution in [0.5, 0.6) is 0 Å². The molecule has 2 fully saturated rings. The van der Waals surface area contributed by atoms with Crippen molar-refractivity contribution in [3.05, 3.63) is 69.7 Å². The monoisotopic (exact) mass is 348 g/mol. The fraction of sp³-hybridized carbons (Fsp3) is 0.368. The third-order valence-electron chi connectivity index (χ3n) is 5.51. The highest BCUT2D eigenvalue weighted by Crippen LogP contribution is 2.35. The molecule has 0 radical (unpaired) electrons. The molecule has 2 heterocycles. The topological polar surface area (TPSA) is 0 Å². The highest BCUT2D eigenvalue weighted by atomic mass is 35.5. The minimum absolute atomic E-state index is 0.846. The molecule has 0 aliphatic carbocycles. The molecule has 2 aliphatic heterocycles. The quantitative estimate of drug-likeness (QED) is 0.722. The third-order valence-corrected chi connectivity index (χ3v) is 5.98. The van der Waals surface area contributed by atoms with Crippen molar-refractivity contribution in [3.63, 3.8) is 0 Å². The van der Waals surface area contributed by atoms with Crippen molar-refractivity contribution in [1.29, 1.82) is 0 Å². The number of quaternary nitrogens is 2. The molecule has 0 N–H and O–H groups in total. The second-order valence-electron chi connectivity index (χ2n) is 7.30. The molecule has 2 bridgehead atoms. The van der Waals surface area contributed by atoms with Crippen molar-refractivity contribution in [2.24, 2.45) is 0 Å². The van der Waals surface area contributed by atoms with Crippen LogP contribution in [0.15, 0.2) is 48.5 Å². The van der Waals surface area contributed by atoms with Crippen LogP contribution in [0.2, 0.25) is 10.0 Å². The molecule has 0 aromatic heterocycles. The Kier molecular flexibility index (Phi) is 3.89. The predicted molar refractivity (Wildman–Crippen MR) is 95.2 cm³/mol. The number of piperazine rings is 1. The molecule has 2 saturated heterocycles. The first-order valence-electron chi connectivity index (χ1n) is 8.26. The summed E-state index contributed by atoms with van der Waals surface area (Å²) in [7, 11) is 0.